The number of amides is 1. The molecule has 1 saturated carbocycles. The van der Waals surface area contributed by atoms with Gasteiger partial charge in [0.05, 0.1) is 16.7 Å². The van der Waals surface area contributed by atoms with Crippen LogP contribution in [0.25, 0.3) is 0 Å². The predicted molar refractivity (Wildman–Crippen MR) is 126 cm³/mol. The summed E-state index contributed by atoms with van der Waals surface area (Å²) in [6, 6.07) is 10.8. The fourth-order valence-electron chi connectivity index (χ4n) is 5.64. The number of benzene rings is 2. The van der Waals surface area contributed by atoms with Crippen molar-refractivity contribution in [1.29, 1.82) is 0 Å². The molecule has 7 heteroatoms. The standard InChI is InChI=1S/C26H31NO5S/c1-18-5-7-20(8-6-18)33(29,30)14-9-25(28)27-17-26(10-3-4-11-26)22-16-24-23(31-12-13-32-24)15-21(22)19(27)2/h5-8,15-16,19H,3-4,9-14,17H2,1-2H3. The maximum atomic E-state index is 13.4. The Kier molecular flexibility index (Phi) is 5.63. The number of hydrogen-bond donors (Lipinski definition) is 0. The third kappa shape index (κ3) is 4.01. The van der Waals surface area contributed by atoms with Crippen LogP contribution in [0.5, 0.6) is 11.5 Å². The number of fused-ring (bicyclic) bond motifs is 3. The van der Waals surface area contributed by atoms with Gasteiger partial charge in [0, 0.05) is 18.4 Å². The van der Waals surface area contributed by atoms with Gasteiger partial charge >= 0.3 is 0 Å². The van der Waals surface area contributed by atoms with Crippen molar-refractivity contribution in [1.82, 2.24) is 4.90 Å². The van der Waals surface area contributed by atoms with Crippen LogP contribution in [0.4, 0.5) is 0 Å². The zero-order valence-corrected chi connectivity index (χ0v) is 20.1. The number of sulfone groups is 1. The summed E-state index contributed by atoms with van der Waals surface area (Å²) in [5.41, 5.74) is 3.28. The fourth-order valence-corrected chi connectivity index (χ4v) is 6.87. The van der Waals surface area contributed by atoms with Crippen LogP contribution in [0.1, 0.15) is 61.8 Å². The highest BCUT2D eigenvalue weighted by Crippen LogP contribution is 2.52. The molecule has 2 heterocycles. The van der Waals surface area contributed by atoms with Gasteiger partial charge in [-0.05, 0) is 62.1 Å². The molecular formula is C26H31NO5S. The Bertz CT molecular complexity index is 1170. The van der Waals surface area contributed by atoms with Crippen LogP contribution in [0.15, 0.2) is 41.3 Å². The summed E-state index contributed by atoms with van der Waals surface area (Å²) < 4.78 is 37.3. The van der Waals surface area contributed by atoms with Crippen molar-refractivity contribution in [2.24, 2.45) is 0 Å². The summed E-state index contributed by atoms with van der Waals surface area (Å²) >= 11 is 0. The molecular weight excluding hydrogens is 438 g/mol. The summed E-state index contributed by atoms with van der Waals surface area (Å²) in [6.07, 6.45) is 4.30. The molecule has 0 radical (unpaired) electrons. The Labute approximate surface area is 195 Å². The number of rotatable bonds is 4. The van der Waals surface area contributed by atoms with E-state index in [0.717, 1.165) is 48.3 Å². The SMILES string of the molecule is Cc1ccc(S(=O)(=O)CCC(=O)N2CC3(CCCC3)c3cc4c(cc3C2C)OCCO4)cc1. The van der Waals surface area contributed by atoms with Crippen molar-refractivity contribution >= 4 is 15.7 Å². The Morgan fingerprint density at radius 1 is 1.06 bits per heavy atom. The minimum absolute atomic E-state index is 0.0173. The van der Waals surface area contributed by atoms with E-state index in [9.17, 15) is 13.2 Å². The number of carbonyl (C=O) groups excluding carboxylic acids is 1. The van der Waals surface area contributed by atoms with Gasteiger partial charge in [0.15, 0.2) is 21.3 Å². The van der Waals surface area contributed by atoms with Crippen LogP contribution < -0.4 is 9.47 Å². The molecule has 2 aliphatic heterocycles. The van der Waals surface area contributed by atoms with Crippen molar-refractivity contribution in [2.45, 2.75) is 62.3 Å². The third-order valence-electron chi connectivity index (χ3n) is 7.52. The second kappa shape index (κ2) is 8.35. The Balaban J connectivity index is 1.41. The van der Waals surface area contributed by atoms with Crippen molar-refractivity contribution in [3.63, 3.8) is 0 Å². The lowest BCUT2D eigenvalue weighted by Gasteiger charge is -2.46. The number of ether oxygens (including phenoxy) is 2. The second-order valence-corrected chi connectivity index (χ2v) is 11.8. The molecule has 33 heavy (non-hydrogen) atoms. The van der Waals surface area contributed by atoms with Crippen molar-refractivity contribution in [3.8, 4) is 11.5 Å². The van der Waals surface area contributed by atoms with Gasteiger partial charge in [-0.25, -0.2) is 8.42 Å². The number of hydrogen-bond acceptors (Lipinski definition) is 5. The van der Waals surface area contributed by atoms with Crippen LogP contribution >= 0.6 is 0 Å². The monoisotopic (exact) mass is 469 g/mol. The zero-order chi connectivity index (χ0) is 23.2. The lowest BCUT2D eigenvalue weighted by atomic mass is 9.71. The van der Waals surface area contributed by atoms with Gasteiger partial charge in [0.2, 0.25) is 5.91 Å². The molecule has 2 aromatic carbocycles. The van der Waals surface area contributed by atoms with E-state index in [1.165, 1.54) is 5.56 Å². The first-order valence-corrected chi connectivity index (χ1v) is 13.5. The molecule has 2 aromatic rings. The topological polar surface area (TPSA) is 72.9 Å². The number of aryl methyl sites for hydroxylation is 1. The molecule has 1 aliphatic carbocycles. The van der Waals surface area contributed by atoms with Crippen molar-refractivity contribution < 1.29 is 22.7 Å². The van der Waals surface area contributed by atoms with Crippen LogP contribution in [0, 0.1) is 6.92 Å². The van der Waals surface area contributed by atoms with Crippen LogP contribution in [-0.4, -0.2) is 44.7 Å². The highest BCUT2D eigenvalue weighted by molar-refractivity contribution is 7.91. The number of carbonyl (C=O) groups is 1. The predicted octanol–water partition coefficient (Wildman–Crippen LogP) is 4.35. The third-order valence-corrected chi connectivity index (χ3v) is 9.25. The fraction of sp³-hybridized carbons (Fsp3) is 0.500. The lowest BCUT2D eigenvalue weighted by molar-refractivity contribution is -0.134. The molecule has 3 aliphatic rings. The first-order valence-electron chi connectivity index (χ1n) is 11.8. The van der Waals surface area contributed by atoms with Gasteiger partial charge in [-0.3, -0.25) is 4.79 Å². The van der Waals surface area contributed by atoms with E-state index in [0.29, 0.717) is 19.8 Å². The smallest absolute Gasteiger partial charge is 0.224 e. The maximum absolute atomic E-state index is 13.4. The molecule has 0 saturated heterocycles. The summed E-state index contributed by atoms with van der Waals surface area (Å²) in [5, 5.41) is 0. The van der Waals surface area contributed by atoms with Crippen LogP contribution in [0.2, 0.25) is 0 Å². The quantitative estimate of drug-likeness (QED) is 0.666. The van der Waals surface area contributed by atoms with Gasteiger partial charge in [-0.15, -0.1) is 0 Å². The minimum Gasteiger partial charge on any atom is -0.486 e. The molecule has 1 unspecified atom stereocenters. The van der Waals surface area contributed by atoms with Crippen molar-refractivity contribution in [2.75, 3.05) is 25.5 Å². The minimum atomic E-state index is -3.51. The van der Waals surface area contributed by atoms with E-state index in [4.69, 9.17) is 9.47 Å². The average Bonchev–Trinajstić information content (AvgIpc) is 3.29. The molecule has 5 rings (SSSR count). The van der Waals surface area contributed by atoms with Crippen LogP contribution in [0.3, 0.4) is 0 Å². The Morgan fingerprint density at radius 2 is 1.70 bits per heavy atom. The lowest BCUT2D eigenvalue weighted by Crippen LogP contribution is -2.49. The Morgan fingerprint density at radius 3 is 2.36 bits per heavy atom. The van der Waals surface area contributed by atoms with Gasteiger partial charge in [0.1, 0.15) is 13.2 Å². The molecule has 0 bridgehead atoms. The normalized spacial score (nSPS) is 21.2. The van der Waals surface area contributed by atoms with Gasteiger partial charge in [-0.1, -0.05) is 30.5 Å². The summed E-state index contributed by atoms with van der Waals surface area (Å²) in [4.78, 5) is 15.6. The zero-order valence-electron chi connectivity index (χ0n) is 19.3. The largest absolute Gasteiger partial charge is 0.486 e. The van der Waals surface area contributed by atoms with E-state index in [1.54, 1.807) is 24.3 Å². The van der Waals surface area contributed by atoms with E-state index in [2.05, 4.69) is 6.07 Å². The second-order valence-electron chi connectivity index (χ2n) is 9.65. The highest BCUT2D eigenvalue weighted by Gasteiger charge is 2.46. The first kappa shape index (κ1) is 22.3. The van der Waals surface area contributed by atoms with Crippen LogP contribution in [-0.2, 0) is 20.0 Å². The Hall–Kier alpha value is -2.54. The van der Waals surface area contributed by atoms with Crippen molar-refractivity contribution in [3.05, 3.63) is 53.1 Å². The van der Waals surface area contributed by atoms with E-state index >= 15 is 0 Å². The molecule has 0 N–H and O–H groups in total. The molecule has 1 atom stereocenters. The molecule has 0 aromatic heterocycles. The molecule has 6 nitrogen and oxygen atoms in total. The van der Waals surface area contributed by atoms with E-state index in [-0.39, 0.29) is 34.4 Å². The highest BCUT2D eigenvalue weighted by atomic mass is 32.2. The summed E-state index contributed by atoms with van der Waals surface area (Å²) in [6.45, 7) is 5.65. The molecule has 1 spiro atoms. The average molecular weight is 470 g/mol. The van der Waals surface area contributed by atoms with E-state index in [1.807, 2.05) is 24.8 Å². The molecule has 176 valence electrons. The van der Waals surface area contributed by atoms with E-state index < -0.39 is 9.84 Å². The van der Waals surface area contributed by atoms with Gasteiger partial charge in [-0.2, -0.15) is 0 Å². The summed E-state index contributed by atoms with van der Waals surface area (Å²) in [5.74, 6) is 1.24. The first-order chi connectivity index (χ1) is 15.8. The van der Waals surface area contributed by atoms with Gasteiger partial charge < -0.3 is 14.4 Å². The molecule has 1 fully saturated rings. The summed E-state index contributed by atoms with van der Waals surface area (Å²) in [7, 11) is -3.51. The van der Waals surface area contributed by atoms with Gasteiger partial charge in [0.25, 0.3) is 0 Å². The maximum Gasteiger partial charge on any atom is 0.224 e. The number of nitrogens with zero attached hydrogens (tertiary/aromatic N) is 1. The molecule has 1 amide bonds.